The van der Waals surface area contributed by atoms with E-state index in [9.17, 15) is 0 Å². The second-order valence-electron chi connectivity index (χ2n) is 2.18. The zero-order valence-electron chi connectivity index (χ0n) is 6.60. The Balaban J connectivity index is 0.000000127. The summed E-state index contributed by atoms with van der Waals surface area (Å²) in [6.45, 7) is 0.316. The molecule has 1 aromatic rings. The summed E-state index contributed by atoms with van der Waals surface area (Å²) in [6.07, 6.45) is 8.54. The van der Waals surface area contributed by atoms with Crippen LogP contribution in [0.15, 0.2) is 48.7 Å². The number of hydrogen-bond donors (Lipinski definition) is 2. The van der Waals surface area contributed by atoms with E-state index in [0.717, 1.165) is 0 Å². The van der Waals surface area contributed by atoms with Gasteiger partial charge in [0.05, 0.1) is 6.26 Å². The smallest absolute Gasteiger partial charge is 0.144 e. The molecule has 0 bridgehead atoms. The molecule has 1 aliphatic rings. The molecule has 3 nitrogen and oxygen atoms in total. The maximum atomic E-state index is 8.59. The lowest BCUT2D eigenvalue weighted by atomic mass is 10.4. The van der Waals surface area contributed by atoms with Crippen LogP contribution in [-0.4, -0.2) is 16.7 Å². The Morgan fingerprint density at radius 3 is 2.33 bits per heavy atom. The predicted octanol–water partition coefficient (Wildman–Crippen LogP) is 1.99. The minimum atomic E-state index is 0.280. The van der Waals surface area contributed by atoms with Gasteiger partial charge in [-0.05, 0) is 24.3 Å². The lowest BCUT2D eigenvalue weighted by Gasteiger charge is -2.01. The van der Waals surface area contributed by atoms with E-state index >= 15 is 0 Å². The lowest BCUT2D eigenvalue weighted by Crippen LogP contribution is -1.94. The molecule has 0 aromatic carbocycles. The van der Waals surface area contributed by atoms with Crippen molar-refractivity contribution in [3.05, 3.63) is 48.7 Å². The molecule has 64 valence electrons. The van der Waals surface area contributed by atoms with Crippen molar-refractivity contribution in [3.63, 3.8) is 0 Å². The van der Waals surface area contributed by atoms with Crippen LogP contribution in [0, 0.1) is 0 Å². The monoisotopic (exact) mass is 165 g/mol. The summed E-state index contributed by atoms with van der Waals surface area (Å²) >= 11 is 0. The number of hydrogen-bond acceptors (Lipinski definition) is 2. The topological polar surface area (TPSA) is 45.2 Å². The number of aliphatic hydroxyl groups is 1. The number of allylic oxidation sites excluding steroid dienone is 2. The van der Waals surface area contributed by atoms with Crippen molar-refractivity contribution in [2.75, 3.05) is 6.61 Å². The van der Waals surface area contributed by atoms with E-state index in [-0.39, 0.29) is 5.76 Å². The SMILES string of the molecule is OC1=CC=COC1.c1cc[nH]c1. The van der Waals surface area contributed by atoms with Crippen LogP contribution in [-0.2, 0) is 4.74 Å². The largest absolute Gasteiger partial charge is 0.509 e. The van der Waals surface area contributed by atoms with Crippen molar-refractivity contribution in [3.8, 4) is 0 Å². The van der Waals surface area contributed by atoms with Gasteiger partial charge in [0, 0.05) is 12.4 Å². The van der Waals surface area contributed by atoms with Gasteiger partial charge >= 0.3 is 0 Å². The Bertz CT molecular complexity index is 232. The minimum absolute atomic E-state index is 0.280. The van der Waals surface area contributed by atoms with Gasteiger partial charge in [-0.15, -0.1) is 0 Å². The van der Waals surface area contributed by atoms with Crippen LogP contribution in [0.25, 0.3) is 0 Å². The first-order chi connectivity index (χ1) is 5.89. The van der Waals surface area contributed by atoms with Gasteiger partial charge in [-0.2, -0.15) is 0 Å². The highest BCUT2D eigenvalue weighted by Crippen LogP contribution is 1.96. The quantitative estimate of drug-likeness (QED) is 0.617. The molecule has 0 aliphatic carbocycles. The van der Waals surface area contributed by atoms with Crippen LogP contribution in [0.2, 0.25) is 0 Å². The Hall–Kier alpha value is -1.64. The number of rotatable bonds is 0. The first-order valence-electron chi connectivity index (χ1n) is 3.63. The predicted molar refractivity (Wildman–Crippen MR) is 46.6 cm³/mol. The standard InChI is InChI=1S/C5H6O2.C4H5N/c6-5-2-1-3-7-4-5;1-2-4-5-3-1/h1-3,6H,4H2;1-5H. The van der Waals surface area contributed by atoms with Crippen molar-refractivity contribution in [1.82, 2.24) is 4.98 Å². The summed E-state index contributed by atoms with van der Waals surface area (Å²) in [7, 11) is 0. The van der Waals surface area contributed by atoms with Crippen LogP contribution < -0.4 is 0 Å². The molecule has 2 heterocycles. The fourth-order valence-corrected chi connectivity index (χ4v) is 0.665. The van der Waals surface area contributed by atoms with Crippen molar-refractivity contribution in [1.29, 1.82) is 0 Å². The third-order valence-electron chi connectivity index (χ3n) is 1.19. The maximum absolute atomic E-state index is 8.59. The van der Waals surface area contributed by atoms with Gasteiger partial charge in [0.2, 0.25) is 0 Å². The number of nitrogens with one attached hydrogen (secondary N) is 1. The van der Waals surface area contributed by atoms with E-state index in [1.165, 1.54) is 0 Å². The van der Waals surface area contributed by atoms with Crippen molar-refractivity contribution in [2.24, 2.45) is 0 Å². The number of H-pyrrole nitrogens is 1. The van der Waals surface area contributed by atoms with E-state index in [1.54, 1.807) is 18.4 Å². The number of aromatic amines is 1. The summed E-state index contributed by atoms with van der Waals surface area (Å²) in [5.41, 5.74) is 0. The Labute approximate surface area is 71.0 Å². The number of aliphatic hydroxyl groups excluding tert-OH is 1. The Morgan fingerprint density at radius 2 is 2.08 bits per heavy atom. The molecule has 0 fully saturated rings. The molecule has 3 heteroatoms. The van der Waals surface area contributed by atoms with Gasteiger partial charge in [-0.3, -0.25) is 0 Å². The van der Waals surface area contributed by atoms with Gasteiger partial charge < -0.3 is 14.8 Å². The van der Waals surface area contributed by atoms with Crippen LogP contribution in [0.1, 0.15) is 0 Å². The number of ether oxygens (including phenoxy) is 1. The maximum Gasteiger partial charge on any atom is 0.144 e. The van der Waals surface area contributed by atoms with Crippen molar-refractivity contribution in [2.45, 2.75) is 0 Å². The molecule has 0 saturated heterocycles. The van der Waals surface area contributed by atoms with Crippen LogP contribution in [0.5, 0.6) is 0 Å². The van der Waals surface area contributed by atoms with Crippen LogP contribution >= 0.6 is 0 Å². The molecule has 2 N–H and O–H groups in total. The first kappa shape index (κ1) is 8.46. The lowest BCUT2D eigenvalue weighted by molar-refractivity contribution is 0.217. The van der Waals surface area contributed by atoms with E-state index in [4.69, 9.17) is 5.11 Å². The molecular weight excluding hydrogens is 154 g/mol. The first-order valence-corrected chi connectivity index (χ1v) is 3.63. The summed E-state index contributed by atoms with van der Waals surface area (Å²) in [4.78, 5) is 2.86. The van der Waals surface area contributed by atoms with E-state index < -0.39 is 0 Å². The summed E-state index contributed by atoms with van der Waals surface area (Å²) in [6, 6.07) is 3.89. The van der Waals surface area contributed by atoms with Crippen molar-refractivity contribution < 1.29 is 9.84 Å². The highest BCUT2D eigenvalue weighted by molar-refractivity contribution is 5.08. The van der Waals surface area contributed by atoms with Gasteiger partial charge in [0.25, 0.3) is 0 Å². The molecule has 0 atom stereocenters. The fourth-order valence-electron chi connectivity index (χ4n) is 0.665. The van der Waals surface area contributed by atoms with Crippen LogP contribution in [0.4, 0.5) is 0 Å². The molecule has 0 unspecified atom stereocenters. The molecule has 0 saturated carbocycles. The molecular formula is C9H11NO2. The molecule has 0 amide bonds. The van der Waals surface area contributed by atoms with Gasteiger partial charge in [0.1, 0.15) is 12.4 Å². The average molecular weight is 165 g/mol. The normalized spacial score (nSPS) is 13.8. The van der Waals surface area contributed by atoms with Gasteiger partial charge in [-0.1, -0.05) is 0 Å². The molecule has 2 rings (SSSR count). The van der Waals surface area contributed by atoms with Gasteiger partial charge in [-0.25, -0.2) is 0 Å². The summed E-state index contributed by atoms with van der Waals surface area (Å²) < 4.78 is 4.68. The molecule has 12 heavy (non-hydrogen) atoms. The average Bonchev–Trinajstić information content (AvgIpc) is 2.62. The second-order valence-corrected chi connectivity index (χ2v) is 2.18. The van der Waals surface area contributed by atoms with Gasteiger partial charge in [0.15, 0.2) is 0 Å². The fraction of sp³-hybridized carbons (Fsp3) is 0.111. The Morgan fingerprint density at radius 1 is 1.33 bits per heavy atom. The zero-order chi connectivity index (χ0) is 8.65. The molecule has 0 spiro atoms. The third kappa shape index (κ3) is 3.51. The third-order valence-corrected chi connectivity index (χ3v) is 1.19. The zero-order valence-corrected chi connectivity index (χ0v) is 6.60. The highest BCUT2D eigenvalue weighted by Gasteiger charge is 1.91. The van der Waals surface area contributed by atoms with E-state index in [0.29, 0.717) is 6.61 Å². The molecule has 1 aromatic heterocycles. The van der Waals surface area contributed by atoms with Crippen molar-refractivity contribution >= 4 is 0 Å². The second kappa shape index (κ2) is 5.07. The summed E-state index contributed by atoms with van der Waals surface area (Å²) in [5.74, 6) is 0.280. The number of aromatic nitrogens is 1. The van der Waals surface area contributed by atoms with Crippen LogP contribution in [0.3, 0.4) is 0 Å². The Kier molecular flexibility index (Phi) is 3.57. The van der Waals surface area contributed by atoms with E-state index in [2.05, 4.69) is 9.72 Å². The minimum Gasteiger partial charge on any atom is -0.509 e. The van der Waals surface area contributed by atoms with E-state index in [1.807, 2.05) is 24.5 Å². The summed E-state index contributed by atoms with van der Waals surface area (Å²) in [5, 5.41) is 8.59. The molecule has 1 aliphatic heterocycles. The highest BCUT2D eigenvalue weighted by atomic mass is 16.5. The molecule has 0 radical (unpaired) electrons.